The number of rotatable bonds is 4. The molecule has 2 heterocycles. The first-order chi connectivity index (χ1) is 10.2. The van der Waals surface area contributed by atoms with Gasteiger partial charge in [0.1, 0.15) is 6.10 Å². The summed E-state index contributed by atoms with van der Waals surface area (Å²) in [6.45, 7) is 0.294. The van der Waals surface area contributed by atoms with Crippen LogP contribution in [0.1, 0.15) is 37.2 Å². The molecular formula is C17H26Cl2N2O2. The van der Waals surface area contributed by atoms with Crippen LogP contribution >= 0.6 is 24.8 Å². The molecule has 23 heavy (non-hydrogen) atoms. The molecule has 0 saturated carbocycles. The molecule has 3 rings (SSSR count). The van der Waals surface area contributed by atoms with Gasteiger partial charge in [-0.15, -0.1) is 24.8 Å². The molecule has 0 radical (unpaired) electrons. The SMILES string of the molecule is CN1C2CC[C@H]1C[C@H](OC(=O)C(CN)c1ccccc1)C2.Cl.Cl. The molecule has 0 aromatic heterocycles. The van der Waals surface area contributed by atoms with Crippen LogP contribution in [0.5, 0.6) is 0 Å². The zero-order chi connectivity index (χ0) is 14.8. The summed E-state index contributed by atoms with van der Waals surface area (Å²) in [5, 5.41) is 0. The van der Waals surface area contributed by atoms with Crippen molar-refractivity contribution in [1.29, 1.82) is 0 Å². The maximum Gasteiger partial charge on any atom is 0.314 e. The predicted octanol–water partition coefficient (Wildman–Crippen LogP) is 2.74. The topological polar surface area (TPSA) is 55.6 Å². The number of fused-ring (bicyclic) bond motifs is 2. The van der Waals surface area contributed by atoms with E-state index in [1.165, 1.54) is 12.8 Å². The van der Waals surface area contributed by atoms with Crippen molar-refractivity contribution in [3.8, 4) is 0 Å². The molecule has 2 fully saturated rings. The van der Waals surface area contributed by atoms with Gasteiger partial charge in [-0.05, 0) is 38.3 Å². The van der Waals surface area contributed by atoms with Gasteiger partial charge in [0.25, 0.3) is 0 Å². The number of esters is 1. The third-order valence-corrected chi connectivity index (χ3v) is 5.06. The van der Waals surface area contributed by atoms with Crippen molar-refractivity contribution in [1.82, 2.24) is 4.90 Å². The predicted molar refractivity (Wildman–Crippen MR) is 96.4 cm³/mol. The Hall–Kier alpha value is -0.810. The van der Waals surface area contributed by atoms with Gasteiger partial charge in [0.05, 0.1) is 5.92 Å². The van der Waals surface area contributed by atoms with Crippen LogP contribution < -0.4 is 5.73 Å². The van der Waals surface area contributed by atoms with Gasteiger partial charge in [0.15, 0.2) is 0 Å². The molecule has 0 spiro atoms. The number of hydrogen-bond donors (Lipinski definition) is 1. The summed E-state index contributed by atoms with van der Waals surface area (Å²) in [6, 6.07) is 10.8. The fraction of sp³-hybridized carbons (Fsp3) is 0.588. The van der Waals surface area contributed by atoms with Crippen molar-refractivity contribution in [2.45, 2.75) is 49.8 Å². The van der Waals surface area contributed by atoms with Gasteiger partial charge in [-0.1, -0.05) is 30.3 Å². The van der Waals surface area contributed by atoms with E-state index in [-0.39, 0.29) is 42.8 Å². The second-order valence-electron chi connectivity index (χ2n) is 6.28. The van der Waals surface area contributed by atoms with Crippen molar-refractivity contribution in [2.24, 2.45) is 5.73 Å². The lowest BCUT2D eigenvalue weighted by Gasteiger charge is -2.36. The fourth-order valence-corrected chi connectivity index (χ4v) is 3.76. The third-order valence-electron chi connectivity index (χ3n) is 5.06. The highest BCUT2D eigenvalue weighted by Gasteiger charge is 2.40. The van der Waals surface area contributed by atoms with Gasteiger partial charge >= 0.3 is 5.97 Å². The molecule has 2 unspecified atom stereocenters. The first-order valence-electron chi connectivity index (χ1n) is 7.86. The summed E-state index contributed by atoms with van der Waals surface area (Å²) < 4.78 is 5.78. The zero-order valence-corrected chi connectivity index (χ0v) is 15.0. The summed E-state index contributed by atoms with van der Waals surface area (Å²) in [6.07, 6.45) is 4.45. The first kappa shape index (κ1) is 20.2. The van der Waals surface area contributed by atoms with Crippen LogP contribution in [-0.4, -0.2) is 42.6 Å². The van der Waals surface area contributed by atoms with E-state index in [2.05, 4.69) is 11.9 Å². The Labute approximate surface area is 150 Å². The highest BCUT2D eigenvalue weighted by atomic mass is 35.5. The molecule has 6 heteroatoms. The van der Waals surface area contributed by atoms with E-state index < -0.39 is 0 Å². The Kier molecular flexibility index (Phi) is 7.81. The minimum absolute atomic E-state index is 0. The number of hydrogen-bond acceptors (Lipinski definition) is 4. The van der Waals surface area contributed by atoms with E-state index in [0.717, 1.165) is 18.4 Å². The number of piperidine rings is 1. The van der Waals surface area contributed by atoms with Crippen LogP contribution in [0.15, 0.2) is 30.3 Å². The van der Waals surface area contributed by atoms with Crippen LogP contribution in [0.25, 0.3) is 0 Å². The second kappa shape index (κ2) is 8.88. The van der Waals surface area contributed by atoms with Gasteiger partial charge in [0, 0.05) is 18.6 Å². The smallest absolute Gasteiger partial charge is 0.314 e. The monoisotopic (exact) mass is 360 g/mol. The summed E-state index contributed by atoms with van der Waals surface area (Å²) >= 11 is 0. The standard InChI is InChI=1S/C17H24N2O2.2ClH/c1-19-13-7-8-14(19)10-15(9-13)21-17(20)16(11-18)12-5-3-2-4-6-12;;/h2-6,13-16H,7-11,18H2,1H3;2*1H/t13-,14?,15-,16?;;/m0../s1. The van der Waals surface area contributed by atoms with E-state index in [4.69, 9.17) is 10.5 Å². The van der Waals surface area contributed by atoms with Crippen LogP contribution in [0.3, 0.4) is 0 Å². The lowest BCUT2D eigenvalue weighted by Crippen LogP contribution is -2.44. The van der Waals surface area contributed by atoms with E-state index in [0.29, 0.717) is 18.6 Å². The van der Waals surface area contributed by atoms with Gasteiger partial charge in [-0.25, -0.2) is 0 Å². The highest BCUT2D eigenvalue weighted by Crippen LogP contribution is 2.36. The Morgan fingerprint density at radius 1 is 1.22 bits per heavy atom. The molecule has 2 N–H and O–H groups in total. The van der Waals surface area contributed by atoms with Crippen molar-refractivity contribution >= 4 is 30.8 Å². The minimum atomic E-state index is -0.344. The number of benzene rings is 1. The van der Waals surface area contributed by atoms with Crippen LogP contribution in [0.4, 0.5) is 0 Å². The Morgan fingerprint density at radius 2 is 1.78 bits per heavy atom. The normalized spacial score (nSPS) is 27.5. The van der Waals surface area contributed by atoms with E-state index in [1.54, 1.807) is 0 Å². The lowest BCUT2D eigenvalue weighted by atomic mass is 9.98. The quantitative estimate of drug-likeness (QED) is 0.838. The Balaban J connectivity index is 0.00000132. The highest BCUT2D eigenvalue weighted by molar-refractivity contribution is 5.85. The van der Waals surface area contributed by atoms with Crippen molar-refractivity contribution in [3.05, 3.63) is 35.9 Å². The first-order valence-corrected chi connectivity index (χ1v) is 7.86. The number of nitrogens with zero attached hydrogens (tertiary/aromatic N) is 1. The lowest BCUT2D eigenvalue weighted by molar-refractivity contribution is -0.154. The van der Waals surface area contributed by atoms with E-state index >= 15 is 0 Å². The maximum absolute atomic E-state index is 12.4. The minimum Gasteiger partial charge on any atom is -0.462 e. The average Bonchev–Trinajstić information content (AvgIpc) is 2.72. The number of ether oxygens (including phenoxy) is 1. The molecule has 4 atom stereocenters. The average molecular weight is 361 g/mol. The number of halogens is 2. The summed E-state index contributed by atoms with van der Waals surface area (Å²) in [5.41, 5.74) is 6.74. The number of carbonyl (C=O) groups excluding carboxylic acids is 1. The molecular weight excluding hydrogens is 335 g/mol. The van der Waals surface area contributed by atoms with E-state index in [1.807, 2.05) is 30.3 Å². The second-order valence-corrected chi connectivity index (χ2v) is 6.28. The summed E-state index contributed by atoms with van der Waals surface area (Å²) in [7, 11) is 2.19. The van der Waals surface area contributed by atoms with E-state index in [9.17, 15) is 4.79 Å². The third kappa shape index (κ3) is 4.38. The Bertz CT molecular complexity index is 487. The van der Waals surface area contributed by atoms with Crippen molar-refractivity contribution in [3.63, 3.8) is 0 Å². The molecule has 4 nitrogen and oxygen atoms in total. The molecule has 2 saturated heterocycles. The molecule has 2 aliphatic heterocycles. The van der Waals surface area contributed by atoms with Gasteiger partial charge in [-0.3, -0.25) is 4.79 Å². The molecule has 1 aromatic carbocycles. The van der Waals surface area contributed by atoms with Crippen LogP contribution in [0, 0.1) is 0 Å². The van der Waals surface area contributed by atoms with Gasteiger partial charge in [0.2, 0.25) is 0 Å². The molecule has 1 aromatic rings. The summed E-state index contributed by atoms with van der Waals surface area (Å²) in [4.78, 5) is 14.9. The molecule has 2 aliphatic rings. The number of nitrogens with two attached hydrogens (primary N) is 1. The number of carbonyl (C=O) groups is 1. The largest absolute Gasteiger partial charge is 0.462 e. The van der Waals surface area contributed by atoms with Crippen molar-refractivity contribution < 1.29 is 9.53 Å². The van der Waals surface area contributed by atoms with Crippen molar-refractivity contribution in [2.75, 3.05) is 13.6 Å². The van der Waals surface area contributed by atoms with Crippen LogP contribution in [0.2, 0.25) is 0 Å². The molecule has 0 aliphatic carbocycles. The Morgan fingerprint density at radius 3 is 2.30 bits per heavy atom. The van der Waals surface area contributed by atoms with Gasteiger partial charge < -0.3 is 15.4 Å². The van der Waals surface area contributed by atoms with Gasteiger partial charge in [-0.2, -0.15) is 0 Å². The molecule has 130 valence electrons. The fourth-order valence-electron chi connectivity index (χ4n) is 3.76. The summed E-state index contributed by atoms with van der Waals surface area (Å²) in [5.74, 6) is -0.513. The maximum atomic E-state index is 12.4. The molecule has 2 bridgehead atoms. The van der Waals surface area contributed by atoms with Crippen LogP contribution in [-0.2, 0) is 9.53 Å². The molecule has 0 amide bonds. The zero-order valence-electron chi connectivity index (χ0n) is 13.4.